The number of anilines is 1. The molecule has 0 saturated carbocycles. The molecule has 0 radical (unpaired) electrons. The SMILES string of the molecule is CCCOc1cc(N2CCCC(CCCl)C2)ncn1. The number of alkyl halides is 1. The molecule has 4 nitrogen and oxygen atoms in total. The first-order valence-corrected chi connectivity index (χ1v) is 7.62. The lowest BCUT2D eigenvalue weighted by Gasteiger charge is -2.33. The average Bonchev–Trinajstić information content (AvgIpc) is 2.46. The predicted octanol–water partition coefficient (Wildman–Crippen LogP) is 3.11. The van der Waals surface area contributed by atoms with E-state index in [1.54, 1.807) is 6.33 Å². The minimum Gasteiger partial charge on any atom is -0.478 e. The van der Waals surface area contributed by atoms with Crippen molar-refractivity contribution in [1.82, 2.24) is 9.97 Å². The van der Waals surface area contributed by atoms with Gasteiger partial charge in [-0.15, -0.1) is 11.6 Å². The van der Waals surface area contributed by atoms with E-state index in [1.807, 2.05) is 6.07 Å². The van der Waals surface area contributed by atoms with E-state index >= 15 is 0 Å². The first-order valence-electron chi connectivity index (χ1n) is 7.09. The Labute approximate surface area is 120 Å². The van der Waals surface area contributed by atoms with Crippen molar-refractivity contribution in [2.45, 2.75) is 32.6 Å². The Kier molecular flexibility index (Phi) is 5.70. The summed E-state index contributed by atoms with van der Waals surface area (Å²) in [5.74, 6) is 3.07. The zero-order valence-electron chi connectivity index (χ0n) is 11.5. The van der Waals surface area contributed by atoms with Crippen LogP contribution in [-0.2, 0) is 0 Å². The molecule has 19 heavy (non-hydrogen) atoms. The van der Waals surface area contributed by atoms with Crippen molar-refractivity contribution in [3.8, 4) is 5.88 Å². The van der Waals surface area contributed by atoms with Gasteiger partial charge in [0, 0.05) is 25.0 Å². The maximum Gasteiger partial charge on any atom is 0.218 e. The van der Waals surface area contributed by atoms with Gasteiger partial charge in [0.25, 0.3) is 0 Å². The van der Waals surface area contributed by atoms with Crippen LogP contribution in [0.3, 0.4) is 0 Å². The maximum absolute atomic E-state index is 5.85. The molecule has 1 aliphatic rings. The predicted molar refractivity (Wildman–Crippen MR) is 78.1 cm³/mol. The summed E-state index contributed by atoms with van der Waals surface area (Å²) in [5.41, 5.74) is 0. The fourth-order valence-electron chi connectivity index (χ4n) is 2.45. The van der Waals surface area contributed by atoms with Gasteiger partial charge in [0.2, 0.25) is 5.88 Å². The third-order valence-corrected chi connectivity index (χ3v) is 3.66. The number of piperidine rings is 1. The Balaban J connectivity index is 1.99. The fraction of sp³-hybridized carbons (Fsp3) is 0.714. The molecule has 1 unspecified atom stereocenters. The molecule has 0 N–H and O–H groups in total. The van der Waals surface area contributed by atoms with Crippen LogP contribution in [0.15, 0.2) is 12.4 Å². The van der Waals surface area contributed by atoms with Gasteiger partial charge in [0.05, 0.1) is 6.61 Å². The average molecular weight is 284 g/mol. The van der Waals surface area contributed by atoms with Crippen LogP contribution >= 0.6 is 11.6 Å². The fourth-order valence-corrected chi connectivity index (χ4v) is 2.76. The van der Waals surface area contributed by atoms with Crippen LogP contribution in [0, 0.1) is 5.92 Å². The third kappa shape index (κ3) is 4.23. The van der Waals surface area contributed by atoms with E-state index in [2.05, 4.69) is 21.8 Å². The number of hydrogen-bond acceptors (Lipinski definition) is 4. The highest BCUT2D eigenvalue weighted by molar-refractivity contribution is 6.17. The third-order valence-electron chi connectivity index (χ3n) is 3.44. The van der Waals surface area contributed by atoms with Crippen molar-refractivity contribution >= 4 is 17.4 Å². The molecule has 0 bridgehead atoms. The smallest absolute Gasteiger partial charge is 0.218 e. The molecule has 1 atom stereocenters. The van der Waals surface area contributed by atoms with Crippen LogP contribution in [0.1, 0.15) is 32.6 Å². The van der Waals surface area contributed by atoms with Gasteiger partial charge < -0.3 is 9.64 Å². The summed E-state index contributed by atoms with van der Waals surface area (Å²) in [7, 11) is 0. The van der Waals surface area contributed by atoms with Gasteiger partial charge in [0.1, 0.15) is 12.1 Å². The lowest BCUT2D eigenvalue weighted by Crippen LogP contribution is -2.36. The van der Waals surface area contributed by atoms with E-state index < -0.39 is 0 Å². The second kappa shape index (κ2) is 7.53. The van der Waals surface area contributed by atoms with E-state index in [1.165, 1.54) is 12.8 Å². The molecule has 1 aromatic rings. The van der Waals surface area contributed by atoms with Gasteiger partial charge in [-0.1, -0.05) is 6.92 Å². The number of ether oxygens (including phenoxy) is 1. The summed E-state index contributed by atoms with van der Waals surface area (Å²) < 4.78 is 5.56. The summed E-state index contributed by atoms with van der Waals surface area (Å²) in [6.07, 6.45) is 6.14. The van der Waals surface area contributed by atoms with Crippen molar-refractivity contribution in [3.05, 3.63) is 12.4 Å². The molecule has 5 heteroatoms. The van der Waals surface area contributed by atoms with Crippen LogP contribution in [-0.4, -0.2) is 35.5 Å². The summed E-state index contributed by atoms with van der Waals surface area (Å²) in [4.78, 5) is 10.8. The Morgan fingerprint density at radius 3 is 3.16 bits per heavy atom. The number of aromatic nitrogens is 2. The van der Waals surface area contributed by atoms with Gasteiger partial charge >= 0.3 is 0 Å². The number of nitrogens with zero attached hydrogens (tertiary/aromatic N) is 3. The van der Waals surface area contributed by atoms with Crippen LogP contribution in [0.4, 0.5) is 5.82 Å². The number of rotatable bonds is 6. The summed E-state index contributed by atoms with van der Waals surface area (Å²) in [6.45, 7) is 4.88. The molecule has 1 fully saturated rings. The molecule has 0 amide bonds. The Morgan fingerprint density at radius 2 is 2.37 bits per heavy atom. The van der Waals surface area contributed by atoms with Crippen LogP contribution in [0.25, 0.3) is 0 Å². The van der Waals surface area contributed by atoms with Gasteiger partial charge in [-0.3, -0.25) is 0 Å². The zero-order chi connectivity index (χ0) is 13.5. The highest BCUT2D eigenvalue weighted by atomic mass is 35.5. The first kappa shape index (κ1) is 14.4. The zero-order valence-corrected chi connectivity index (χ0v) is 12.3. The molecular weight excluding hydrogens is 262 g/mol. The molecular formula is C14H22ClN3O. The maximum atomic E-state index is 5.85. The van der Waals surface area contributed by atoms with E-state index in [-0.39, 0.29) is 0 Å². The minimum absolute atomic E-state index is 0.673. The lowest BCUT2D eigenvalue weighted by molar-refractivity contribution is 0.304. The highest BCUT2D eigenvalue weighted by Crippen LogP contribution is 2.25. The molecule has 0 aliphatic carbocycles. The molecule has 1 aliphatic heterocycles. The van der Waals surface area contributed by atoms with Gasteiger partial charge in [-0.2, -0.15) is 0 Å². The standard InChI is InChI=1S/C14H22ClN3O/c1-2-8-19-14-9-13(16-11-17-14)18-7-3-4-12(10-18)5-6-15/h9,11-12H,2-8,10H2,1H3. The minimum atomic E-state index is 0.673. The normalized spacial score (nSPS) is 19.5. The summed E-state index contributed by atoms with van der Waals surface area (Å²) in [5, 5.41) is 0. The van der Waals surface area contributed by atoms with Gasteiger partial charge in [-0.25, -0.2) is 9.97 Å². The highest BCUT2D eigenvalue weighted by Gasteiger charge is 2.20. The van der Waals surface area contributed by atoms with Crippen molar-refractivity contribution < 1.29 is 4.74 Å². The second-order valence-electron chi connectivity index (χ2n) is 4.99. The topological polar surface area (TPSA) is 38.2 Å². The van der Waals surface area contributed by atoms with Crippen molar-refractivity contribution in [1.29, 1.82) is 0 Å². The Morgan fingerprint density at radius 1 is 1.47 bits per heavy atom. The van der Waals surface area contributed by atoms with Crippen molar-refractivity contribution in [2.75, 3.05) is 30.5 Å². The first-order chi connectivity index (χ1) is 9.33. The number of hydrogen-bond donors (Lipinski definition) is 0. The monoisotopic (exact) mass is 283 g/mol. The largest absolute Gasteiger partial charge is 0.478 e. The van der Waals surface area contributed by atoms with E-state index in [0.29, 0.717) is 18.4 Å². The van der Waals surface area contributed by atoms with E-state index in [9.17, 15) is 0 Å². The van der Waals surface area contributed by atoms with Crippen LogP contribution in [0.5, 0.6) is 5.88 Å². The molecule has 1 aromatic heterocycles. The quantitative estimate of drug-likeness (QED) is 0.752. The molecule has 1 saturated heterocycles. The Hall–Kier alpha value is -1.03. The summed E-state index contributed by atoms with van der Waals surface area (Å²) in [6, 6.07) is 1.94. The molecule has 2 rings (SSSR count). The summed E-state index contributed by atoms with van der Waals surface area (Å²) >= 11 is 5.85. The molecule has 0 aromatic carbocycles. The lowest BCUT2D eigenvalue weighted by atomic mass is 9.95. The van der Waals surface area contributed by atoms with Gasteiger partial charge in [-0.05, 0) is 31.6 Å². The Bertz CT molecular complexity index is 387. The van der Waals surface area contributed by atoms with Crippen LogP contribution in [0.2, 0.25) is 0 Å². The molecule has 2 heterocycles. The molecule has 0 spiro atoms. The second-order valence-corrected chi connectivity index (χ2v) is 5.37. The van der Waals surface area contributed by atoms with Crippen molar-refractivity contribution in [2.24, 2.45) is 5.92 Å². The number of halogens is 1. The van der Waals surface area contributed by atoms with Gasteiger partial charge in [0.15, 0.2) is 0 Å². The van der Waals surface area contributed by atoms with E-state index in [0.717, 1.165) is 37.6 Å². The molecule has 106 valence electrons. The van der Waals surface area contributed by atoms with Crippen LogP contribution < -0.4 is 9.64 Å². The van der Waals surface area contributed by atoms with Crippen molar-refractivity contribution in [3.63, 3.8) is 0 Å². The van der Waals surface area contributed by atoms with E-state index in [4.69, 9.17) is 16.3 Å².